The maximum Gasteiger partial charge on any atom is 0.367 e. The lowest BCUT2D eigenvalue weighted by molar-refractivity contribution is -0.132. The average molecular weight is 168 g/mol. The average Bonchev–Trinajstić information content (AvgIpc) is 2.40. The maximum absolute atomic E-state index is 9.85. The zero-order valence-corrected chi connectivity index (χ0v) is 6.52. The molecule has 0 saturated heterocycles. The van der Waals surface area contributed by atoms with Gasteiger partial charge in [-0.1, -0.05) is 6.58 Å². The SMILES string of the molecule is C=C(C)C(=O)O.O=C1N=CC=N1. The van der Waals surface area contributed by atoms with Crippen LogP contribution in [0.5, 0.6) is 0 Å². The summed E-state index contributed by atoms with van der Waals surface area (Å²) in [6.07, 6.45) is 2.73. The van der Waals surface area contributed by atoms with Crippen molar-refractivity contribution in [3.8, 4) is 0 Å². The van der Waals surface area contributed by atoms with E-state index in [2.05, 4.69) is 16.6 Å². The van der Waals surface area contributed by atoms with Crippen molar-refractivity contribution in [2.24, 2.45) is 9.98 Å². The van der Waals surface area contributed by atoms with Gasteiger partial charge in [-0.15, -0.1) is 0 Å². The largest absolute Gasteiger partial charge is 0.478 e. The van der Waals surface area contributed by atoms with Crippen LogP contribution in [-0.2, 0) is 4.79 Å². The molecule has 5 heteroatoms. The minimum Gasteiger partial charge on any atom is -0.478 e. The van der Waals surface area contributed by atoms with E-state index in [0.29, 0.717) is 0 Å². The quantitative estimate of drug-likeness (QED) is 0.591. The minimum absolute atomic E-state index is 0.176. The van der Waals surface area contributed by atoms with Crippen LogP contribution >= 0.6 is 0 Å². The van der Waals surface area contributed by atoms with Gasteiger partial charge in [-0.2, -0.15) is 9.98 Å². The Hall–Kier alpha value is -1.78. The van der Waals surface area contributed by atoms with Crippen LogP contribution in [0.3, 0.4) is 0 Å². The van der Waals surface area contributed by atoms with Gasteiger partial charge in [0, 0.05) is 5.57 Å². The number of hydrogen-bond acceptors (Lipinski definition) is 2. The predicted octanol–water partition coefficient (Wildman–Crippen LogP) is 0.909. The predicted molar refractivity (Wildman–Crippen MR) is 44.8 cm³/mol. The highest BCUT2D eigenvalue weighted by Gasteiger charge is 1.91. The van der Waals surface area contributed by atoms with Crippen LogP contribution in [0, 0.1) is 0 Å². The third kappa shape index (κ3) is 5.04. The molecule has 0 atom stereocenters. The molecule has 0 aliphatic carbocycles. The van der Waals surface area contributed by atoms with Crippen LogP contribution in [0.2, 0.25) is 0 Å². The standard InChI is InChI=1S/C4H6O2.C3H2N2O/c1-3(2)4(5)6;6-3-4-1-2-5-3/h1H2,2H3,(H,5,6);1-2H. The fraction of sp³-hybridized carbons (Fsp3) is 0.143. The molecule has 0 aromatic rings. The van der Waals surface area contributed by atoms with Crippen LogP contribution in [0.15, 0.2) is 22.1 Å². The molecule has 0 aromatic heterocycles. The van der Waals surface area contributed by atoms with Gasteiger partial charge in [0.05, 0.1) is 12.4 Å². The molecule has 0 aromatic carbocycles. The van der Waals surface area contributed by atoms with Crippen LogP contribution in [0.1, 0.15) is 6.92 Å². The number of carbonyl (C=O) groups is 2. The van der Waals surface area contributed by atoms with E-state index in [1.165, 1.54) is 19.4 Å². The van der Waals surface area contributed by atoms with Crippen molar-refractivity contribution in [1.29, 1.82) is 0 Å². The van der Waals surface area contributed by atoms with E-state index in [1.807, 2.05) is 0 Å². The molecule has 2 amide bonds. The number of nitrogens with zero attached hydrogens (tertiary/aromatic N) is 2. The van der Waals surface area contributed by atoms with Crippen molar-refractivity contribution in [3.05, 3.63) is 12.2 Å². The number of carboxylic acids is 1. The molecular formula is C7H8N2O3. The molecule has 0 bridgehead atoms. The fourth-order valence-electron chi connectivity index (χ4n) is 0.228. The lowest BCUT2D eigenvalue weighted by Gasteiger charge is -1.79. The Morgan fingerprint density at radius 2 is 1.83 bits per heavy atom. The van der Waals surface area contributed by atoms with Crippen molar-refractivity contribution in [1.82, 2.24) is 0 Å². The summed E-state index contributed by atoms with van der Waals surface area (Å²) in [7, 11) is 0. The second-order valence-electron chi connectivity index (χ2n) is 1.92. The summed E-state index contributed by atoms with van der Waals surface area (Å²) >= 11 is 0. The van der Waals surface area contributed by atoms with Gasteiger partial charge in [-0.25, -0.2) is 9.59 Å². The first-order valence-electron chi connectivity index (χ1n) is 3.03. The Balaban J connectivity index is 0.000000202. The second kappa shape index (κ2) is 4.95. The molecular weight excluding hydrogens is 160 g/mol. The minimum atomic E-state index is -0.935. The smallest absolute Gasteiger partial charge is 0.367 e. The summed E-state index contributed by atoms with van der Waals surface area (Å²) in [5.74, 6) is -0.935. The Kier molecular flexibility index (Phi) is 4.21. The first-order valence-corrected chi connectivity index (χ1v) is 3.03. The third-order valence-electron chi connectivity index (χ3n) is 0.802. The number of amides is 2. The number of carboxylic acid groups (broad SMARTS) is 1. The summed E-state index contributed by atoms with van der Waals surface area (Å²) in [6, 6.07) is -0.407. The zero-order valence-electron chi connectivity index (χ0n) is 6.52. The van der Waals surface area contributed by atoms with E-state index in [0.717, 1.165) is 0 Å². The summed E-state index contributed by atoms with van der Waals surface area (Å²) in [5, 5.41) is 7.89. The van der Waals surface area contributed by atoms with E-state index in [1.54, 1.807) is 0 Å². The van der Waals surface area contributed by atoms with Gasteiger partial charge in [-0.05, 0) is 6.92 Å². The molecule has 12 heavy (non-hydrogen) atoms. The summed E-state index contributed by atoms with van der Waals surface area (Å²) < 4.78 is 0. The van der Waals surface area contributed by atoms with Gasteiger partial charge < -0.3 is 5.11 Å². The molecule has 1 rings (SSSR count). The van der Waals surface area contributed by atoms with Crippen LogP contribution < -0.4 is 0 Å². The molecule has 0 radical (unpaired) electrons. The van der Waals surface area contributed by atoms with E-state index in [-0.39, 0.29) is 5.57 Å². The van der Waals surface area contributed by atoms with Crippen molar-refractivity contribution in [2.45, 2.75) is 6.92 Å². The van der Waals surface area contributed by atoms with Crippen LogP contribution in [-0.4, -0.2) is 29.5 Å². The molecule has 0 fully saturated rings. The van der Waals surface area contributed by atoms with Crippen molar-refractivity contribution in [2.75, 3.05) is 0 Å². The Bertz CT molecular complexity index is 240. The number of carbonyl (C=O) groups excluding carboxylic acids is 1. The highest BCUT2D eigenvalue weighted by molar-refractivity contribution is 6.25. The molecule has 0 spiro atoms. The summed E-state index contributed by atoms with van der Waals surface area (Å²) in [6.45, 7) is 4.60. The number of urea groups is 1. The van der Waals surface area contributed by atoms with Gasteiger partial charge in [0.1, 0.15) is 0 Å². The molecule has 0 saturated carbocycles. The van der Waals surface area contributed by atoms with Gasteiger partial charge in [-0.3, -0.25) is 0 Å². The van der Waals surface area contributed by atoms with Crippen LogP contribution in [0.4, 0.5) is 4.79 Å². The Morgan fingerprint density at radius 3 is 1.92 bits per heavy atom. The van der Waals surface area contributed by atoms with E-state index >= 15 is 0 Å². The molecule has 5 nitrogen and oxygen atoms in total. The van der Waals surface area contributed by atoms with Gasteiger partial charge in [0.15, 0.2) is 0 Å². The zero-order chi connectivity index (χ0) is 9.56. The molecule has 64 valence electrons. The lowest BCUT2D eigenvalue weighted by atomic mass is 10.4. The number of rotatable bonds is 1. The number of hydrogen-bond donors (Lipinski definition) is 1. The highest BCUT2D eigenvalue weighted by atomic mass is 16.4. The second-order valence-corrected chi connectivity index (χ2v) is 1.92. The molecule has 1 heterocycles. The van der Waals surface area contributed by atoms with E-state index in [4.69, 9.17) is 5.11 Å². The summed E-state index contributed by atoms with van der Waals surface area (Å²) in [4.78, 5) is 25.9. The topological polar surface area (TPSA) is 79.1 Å². The first kappa shape index (κ1) is 10.2. The maximum atomic E-state index is 9.85. The van der Waals surface area contributed by atoms with E-state index in [9.17, 15) is 9.59 Å². The number of aliphatic imine (C=N–C) groups is 2. The fourth-order valence-corrected chi connectivity index (χ4v) is 0.228. The van der Waals surface area contributed by atoms with Gasteiger partial charge in [0.2, 0.25) is 0 Å². The monoisotopic (exact) mass is 168 g/mol. The third-order valence-corrected chi connectivity index (χ3v) is 0.802. The van der Waals surface area contributed by atoms with Crippen molar-refractivity contribution in [3.63, 3.8) is 0 Å². The Labute approximate surface area is 69.1 Å². The molecule has 1 N–H and O–H groups in total. The lowest BCUT2D eigenvalue weighted by Crippen LogP contribution is -1.92. The highest BCUT2D eigenvalue weighted by Crippen LogP contribution is 1.82. The molecule has 1 aliphatic rings. The molecule has 1 aliphatic heterocycles. The van der Waals surface area contributed by atoms with Gasteiger partial charge in [0.25, 0.3) is 0 Å². The van der Waals surface area contributed by atoms with E-state index < -0.39 is 12.0 Å². The van der Waals surface area contributed by atoms with Crippen LogP contribution in [0.25, 0.3) is 0 Å². The Morgan fingerprint density at radius 1 is 1.50 bits per heavy atom. The summed E-state index contributed by atoms with van der Waals surface area (Å²) in [5.41, 5.74) is 0.176. The first-order chi connectivity index (χ1) is 5.54. The van der Waals surface area contributed by atoms with Crippen molar-refractivity contribution < 1.29 is 14.7 Å². The normalized spacial score (nSPS) is 12.2. The van der Waals surface area contributed by atoms with Crippen molar-refractivity contribution >= 4 is 24.4 Å². The molecule has 0 unspecified atom stereocenters. The number of aliphatic carboxylic acids is 1. The van der Waals surface area contributed by atoms with Gasteiger partial charge >= 0.3 is 12.0 Å².